The normalized spacial score (nSPS) is 15.0. The van der Waals surface area contributed by atoms with E-state index in [9.17, 15) is 14.4 Å². The Balaban J connectivity index is 1.44. The van der Waals surface area contributed by atoms with Crippen molar-refractivity contribution in [2.24, 2.45) is 0 Å². The quantitative estimate of drug-likeness (QED) is 0.356. The van der Waals surface area contributed by atoms with Crippen LogP contribution in [0.3, 0.4) is 0 Å². The molecule has 1 saturated heterocycles. The Bertz CT molecular complexity index is 1300. The molecule has 0 atom stereocenters. The number of imide groups is 1. The number of furan rings is 1. The molecule has 6 nitrogen and oxygen atoms in total. The molecule has 34 heavy (non-hydrogen) atoms. The molecule has 0 bridgehead atoms. The maximum absolute atomic E-state index is 12.8. The first-order valence-electron chi connectivity index (χ1n) is 10.4. The minimum atomic E-state index is -0.556. The number of carbonyl (C=O) groups excluding carboxylic acids is 3. The van der Waals surface area contributed by atoms with Gasteiger partial charge in [-0.15, -0.1) is 0 Å². The van der Waals surface area contributed by atoms with Gasteiger partial charge in [-0.25, -0.2) is 0 Å². The highest BCUT2D eigenvalue weighted by atomic mass is 35.5. The van der Waals surface area contributed by atoms with Crippen molar-refractivity contribution in [3.63, 3.8) is 0 Å². The van der Waals surface area contributed by atoms with E-state index in [2.05, 4.69) is 19.2 Å². The summed E-state index contributed by atoms with van der Waals surface area (Å²) in [6, 6.07) is 15.8. The summed E-state index contributed by atoms with van der Waals surface area (Å²) in [4.78, 5) is 38.7. The van der Waals surface area contributed by atoms with Crippen molar-refractivity contribution >= 4 is 63.8 Å². The molecule has 2 aromatic carbocycles. The molecule has 4 rings (SSSR count). The number of carbonyl (C=O) groups is 3. The van der Waals surface area contributed by atoms with Gasteiger partial charge in [-0.1, -0.05) is 49.2 Å². The molecule has 1 N–H and O–H groups in total. The molecule has 1 aromatic heterocycles. The van der Waals surface area contributed by atoms with E-state index in [4.69, 9.17) is 27.6 Å². The van der Waals surface area contributed by atoms with Crippen molar-refractivity contribution in [2.45, 2.75) is 19.8 Å². The van der Waals surface area contributed by atoms with Gasteiger partial charge in [0.15, 0.2) is 0 Å². The maximum Gasteiger partial charge on any atom is 0.294 e. The molecule has 2 heterocycles. The summed E-state index contributed by atoms with van der Waals surface area (Å²) >= 11 is 13.0. The lowest BCUT2D eigenvalue weighted by Crippen LogP contribution is -2.36. The fourth-order valence-corrected chi connectivity index (χ4v) is 4.52. The number of anilines is 1. The third-order valence-electron chi connectivity index (χ3n) is 5.13. The zero-order valence-corrected chi connectivity index (χ0v) is 20.6. The number of hydrogen-bond donors (Lipinski definition) is 1. The fraction of sp³-hybridized carbons (Fsp3) is 0.160. The highest BCUT2D eigenvalue weighted by molar-refractivity contribution is 8.18. The zero-order chi connectivity index (χ0) is 24.4. The molecule has 3 amide bonds. The van der Waals surface area contributed by atoms with Crippen LogP contribution in [-0.2, 0) is 9.59 Å². The van der Waals surface area contributed by atoms with Crippen LogP contribution in [0, 0.1) is 0 Å². The van der Waals surface area contributed by atoms with Crippen molar-refractivity contribution in [3.8, 4) is 11.3 Å². The Labute approximate surface area is 210 Å². The Kier molecular flexibility index (Phi) is 7.16. The Morgan fingerprint density at radius 3 is 2.53 bits per heavy atom. The van der Waals surface area contributed by atoms with Gasteiger partial charge in [0.2, 0.25) is 5.91 Å². The van der Waals surface area contributed by atoms with Gasteiger partial charge in [-0.2, -0.15) is 0 Å². The minimum absolute atomic E-state index is 0.164. The smallest absolute Gasteiger partial charge is 0.294 e. The van der Waals surface area contributed by atoms with Crippen LogP contribution in [-0.4, -0.2) is 28.5 Å². The Hall–Kier alpha value is -3.00. The predicted molar refractivity (Wildman–Crippen MR) is 136 cm³/mol. The lowest BCUT2D eigenvalue weighted by atomic mass is 10.0. The summed E-state index contributed by atoms with van der Waals surface area (Å²) in [5.74, 6) is 0.197. The number of rotatable bonds is 6. The van der Waals surface area contributed by atoms with Gasteiger partial charge in [0.1, 0.15) is 18.1 Å². The van der Waals surface area contributed by atoms with Crippen LogP contribution in [0.15, 0.2) is 63.9 Å². The number of nitrogens with zero attached hydrogens (tertiary/aromatic N) is 1. The number of thioether (sulfide) groups is 1. The van der Waals surface area contributed by atoms with Crippen LogP contribution >= 0.6 is 35.0 Å². The first kappa shape index (κ1) is 24.1. The van der Waals surface area contributed by atoms with E-state index in [0.29, 0.717) is 38.7 Å². The third-order valence-corrected chi connectivity index (χ3v) is 6.60. The van der Waals surface area contributed by atoms with Crippen molar-refractivity contribution in [2.75, 3.05) is 11.9 Å². The van der Waals surface area contributed by atoms with Crippen LogP contribution in [0.2, 0.25) is 10.0 Å². The van der Waals surface area contributed by atoms with Crippen LogP contribution < -0.4 is 5.32 Å². The molecule has 1 aliphatic heterocycles. The van der Waals surface area contributed by atoms with E-state index in [0.717, 1.165) is 22.2 Å². The predicted octanol–water partition coefficient (Wildman–Crippen LogP) is 7.05. The van der Waals surface area contributed by atoms with Gasteiger partial charge in [0, 0.05) is 22.3 Å². The molecule has 0 saturated carbocycles. The molecule has 3 aromatic rings. The second kappa shape index (κ2) is 10.1. The number of benzene rings is 2. The van der Waals surface area contributed by atoms with E-state index in [1.54, 1.807) is 42.5 Å². The summed E-state index contributed by atoms with van der Waals surface area (Å²) in [5, 5.41) is 3.17. The van der Waals surface area contributed by atoms with Gasteiger partial charge in [0.25, 0.3) is 11.1 Å². The van der Waals surface area contributed by atoms with Crippen LogP contribution in [0.25, 0.3) is 17.4 Å². The molecule has 0 radical (unpaired) electrons. The minimum Gasteiger partial charge on any atom is -0.457 e. The first-order valence-corrected chi connectivity index (χ1v) is 12.0. The van der Waals surface area contributed by atoms with E-state index < -0.39 is 17.1 Å². The fourth-order valence-electron chi connectivity index (χ4n) is 3.32. The molecule has 0 spiro atoms. The monoisotopic (exact) mass is 514 g/mol. The lowest BCUT2D eigenvalue weighted by Gasteiger charge is -2.13. The van der Waals surface area contributed by atoms with Crippen LogP contribution in [0.4, 0.5) is 10.5 Å². The van der Waals surface area contributed by atoms with Crippen molar-refractivity contribution < 1.29 is 18.8 Å². The highest BCUT2D eigenvalue weighted by Crippen LogP contribution is 2.35. The first-order chi connectivity index (χ1) is 16.2. The number of amides is 3. The van der Waals surface area contributed by atoms with Crippen LogP contribution in [0.1, 0.15) is 31.1 Å². The second-order valence-corrected chi connectivity index (χ2v) is 9.76. The Morgan fingerprint density at radius 1 is 1.09 bits per heavy atom. The van der Waals surface area contributed by atoms with Gasteiger partial charge in [0.05, 0.1) is 9.93 Å². The summed E-state index contributed by atoms with van der Waals surface area (Å²) in [6.07, 6.45) is 1.47. The standard InChI is InChI=1S/C25H20Cl2N2O4S/c1-14(2)15-3-6-17(7-4-15)28-23(30)13-29-24(31)22(34-25(29)32)12-18-8-10-21(33-18)19-11-16(26)5-9-20(19)27/h3-12,14H,13H2,1-2H3,(H,28,30)/b22-12+. The average Bonchev–Trinajstić information content (AvgIpc) is 3.36. The van der Waals surface area contributed by atoms with Gasteiger partial charge in [-0.05, 0) is 65.7 Å². The molecular formula is C25H20Cl2N2O4S. The topological polar surface area (TPSA) is 79.6 Å². The number of nitrogens with one attached hydrogen (secondary N) is 1. The second-order valence-electron chi connectivity index (χ2n) is 7.92. The highest BCUT2D eigenvalue weighted by Gasteiger charge is 2.36. The molecular weight excluding hydrogens is 495 g/mol. The van der Waals surface area contributed by atoms with Crippen molar-refractivity contribution in [3.05, 3.63) is 80.9 Å². The molecule has 0 aliphatic carbocycles. The average molecular weight is 515 g/mol. The summed E-state index contributed by atoms with van der Waals surface area (Å²) in [7, 11) is 0. The van der Waals surface area contributed by atoms with Crippen LogP contribution in [0.5, 0.6) is 0 Å². The SMILES string of the molecule is CC(C)c1ccc(NC(=O)CN2C(=O)S/C(=C/c3ccc(-c4cc(Cl)ccc4Cl)o3)C2=O)cc1. The van der Waals surface area contributed by atoms with E-state index in [1.807, 2.05) is 12.1 Å². The Morgan fingerprint density at radius 2 is 1.82 bits per heavy atom. The summed E-state index contributed by atoms with van der Waals surface area (Å²) in [5.41, 5.74) is 2.35. The lowest BCUT2D eigenvalue weighted by molar-refractivity contribution is -0.127. The third kappa shape index (κ3) is 5.38. The number of hydrogen-bond acceptors (Lipinski definition) is 5. The van der Waals surface area contributed by atoms with E-state index in [1.165, 1.54) is 6.08 Å². The molecule has 1 aliphatic rings. The van der Waals surface area contributed by atoms with E-state index in [-0.39, 0.29) is 11.4 Å². The van der Waals surface area contributed by atoms with Crippen molar-refractivity contribution in [1.29, 1.82) is 0 Å². The molecule has 1 fully saturated rings. The maximum atomic E-state index is 12.8. The van der Waals surface area contributed by atoms with Gasteiger partial charge in [-0.3, -0.25) is 19.3 Å². The summed E-state index contributed by atoms with van der Waals surface area (Å²) < 4.78 is 5.78. The zero-order valence-electron chi connectivity index (χ0n) is 18.3. The number of halogens is 2. The van der Waals surface area contributed by atoms with Gasteiger partial charge < -0.3 is 9.73 Å². The molecule has 174 valence electrons. The molecule has 0 unspecified atom stereocenters. The largest absolute Gasteiger partial charge is 0.457 e. The summed E-state index contributed by atoms with van der Waals surface area (Å²) in [6.45, 7) is 3.78. The van der Waals surface area contributed by atoms with Crippen molar-refractivity contribution in [1.82, 2.24) is 4.90 Å². The van der Waals surface area contributed by atoms with E-state index >= 15 is 0 Å². The van der Waals surface area contributed by atoms with Gasteiger partial charge >= 0.3 is 0 Å². The molecule has 9 heteroatoms.